The summed E-state index contributed by atoms with van der Waals surface area (Å²) in [5.74, 6) is 0. The molecule has 0 spiro atoms. The van der Waals surface area contributed by atoms with E-state index < -0.39 is 5.60 Å². The first-order chi connectivity index (χ1) is 3.41. The molecule has 0 rings (SSSR count). The van der Waals surface area contributed by atoms with Crippen molar-refractivity contribution in [3.05, 3.63) is 4.91 Å². The van der Waals surface area contributed by atoms with E-state index in [9.17, 15) is 0 Å². The zero-order chi connectivity index (χ0) is 7.21. The van der Waals surface area contributed by atoms with Crippen LogP contribution in [0.4, 0.5) is 0 Å². The molecular weight excluding hydrogens is 110 g/mol. The fourth-order valence-electron chi connectivity index (χ4n) is 0. The van der Waals surface area contributed by atoms with Gasteiger partial charge in [0.2, 0.25) is 0 Å². The van der Waals surface area contributed by atoms with Crippen LogP contribution in [0.5, 0.6) is 0 Å². The maximum Gasteiger partial charge on any atom is 0.152 e. The van der Waals surface area contributed by atoms with E-state index in [1.165, 1.54) is 5.34 Å². The van der Waals surface area contributed by atoms with Crippen LogP contribution in [0.3, 0.4) is 0 Å². The van der Waals surface area contributed by atoms with Gasteiger partial charge in [0.25, 0.3) is 0 Å². The monoisotopic (exact) mass is 121 g/mol. The first kappa shape index (κ1) is 10.4. The van der Waals surface area contributed by atoms with Gasteiger partial charge < -0.3 is 10.3 Å². The summed E-state index contributed by atoms with van der Waals surface area (Å²) in [4.78, 5) is 8.11. The predicted octanol–water partition coefficient (Wildman–Crippen LogP) is 0.919. The molecule has 0 aliphatic carbocycles. The average molecular weight is 121 g/mol. The lowest BCUT2D eigenvalue weighted by Crippen LogP contribution is -2.10. The van der Waals surface area contributed by atoms with Crippen molar-refractivity contribution in [1.29, 1.82) is 0 Å². The van der Waals surface area contributed by atoms with Crippen LogP contribution < -0.4 is 0 Å². The molecule has 0 bridgehead atoms. The van der Waals surface area contributed by atoms with Crippen molar-refractivity contribution in [3.63, 3.8) is 0 Å². The Morgan fingerprint density at radius 3 is 1.38 bits per heavy atom. The molecule has 0 aliphatic heterocycles. The topological polar surface area (TPSA) is 69.9 Å². The van der Waals surface area contributed by atoms with Crippen LogP contribution in [0.15, 0.2) is 5.34 Å². The van der Waals surface area contributed by atoms with Gasteiger partial charge in [0.15, 0.2) is 5.34 Å². The summed E-state index contributed by atoms with van der Waals surface area (Å²) < 4.78 is 0. The largest absolute Gasteiger partial charge is 0.391 e. The molecule has 0 aromatic rings. The second kappa shape index (κ2) is 4.52. The Labute approximate surface area is 48.1 Å². The van der Waals surface area contributed by atoms with E-state index in [0.717, 1.165) is 0 Å². The molecule has 0 aromatic heterocycles. The van der Waals surface area contributed by atoms with Gasteiger partial charge in [-0.2, -0.15) is 0 Å². The maximum absolute atomic E-state index is 8.52. The highest BCUT2D eigenvalue weighted by molar-refractivity contribution is 4.50. The van der Waals surface area contributed by atoms with Crippen LogP contribution in [-0.4, -0.2) is 15.9 Å². The second-order valence-electron chi connectivity index (χ2n) is 2.25. The van der Waals surface area contributed by atoms with Crippen LogP contribution in [-0.2, 0) is 0 Å². The van der Waals surface area contributed by atoms with Crippen molar-refractivity contribution in [3.8, 4) is 0 Å². The minimum atomic E-state index is -0.500. The Hall–Kier alpha value is -0.640. The molecule has 50 valence electrons. The number of rotatable bonds is 0. The quantitative estimate of drug-likeness (QED) is 0.370. The van der Waals surface area contributed by atoms with Crippen LogP contribution in [0, 0.1) is 4.91 Å². The molecule has 0 fully saturated rings. The molecule has 0 radical (unpaired) electrons. The van der Waals surface area contributed by atoms with E-state index in [2.05, 4.69) is 0 Å². The molecule has 0 heterocycles. The van der Waals surface area contributed by atoms with Crippen molar-refractivity contribution in [2.75, 3.05) is 0 Å². The Balaban J connectivity index is 0. The van der Waals surface area contributed by atoms with Gasteiger partial charge in [-0.3, -0.25) is 0 Å². The molecule has 2 N–H and O–H groups in total. The smallest absolute Gasteiger partial charge is 0.152 e. The molecular formula is C4H11NO3. The van der Waals surface area contributed by atoms with Crippen molar-refractivity contribution in [1.82, 2.24) is 0 Å². The highest BCUT2D eigenvalue weighted by Crippen LogP contribution is 1.93. The SMILES string of the molecule is CC(C)(C)O.O=NO. The number of hydrogen-bond acceptors (Lipinski definition) is 3. The van der Waals surface area contributed by atoms with Gasteiger partial charge in [-0.15, -0.1) is 4.91 Å². The van der Waals surface area contributed by atoms with Crippen molar-refractivity contribution < 1.29 is 10.3 Å². The lowest BCUT2D eigenvalue weighted by Gasteiger charge is -2.04. The van der Waals surface area contributed by atoms with Gasteiger partial charge in [0.1, 0.15) is 0 Å². The van der Waals surface area contributed by atoms with E-state index >= 15 is 0 Å². The molecule has 0 aromatic carbocycles. The van der Waals surface area contributed by atoms with Gasteiger partial charge in [-0.05, 0) is 20.8 Å². The lowest BCUT2D eigenvalue weighted by molar-refractivity contribution is 0.102. The fraction of sp³-hybridized carbons (Fsp3) is 1.00. The Morgan fingerprint density at radius 2 is 1.38 bits per heavy atom. The summed E-state index contributed by atoms with van der Waals surface area (Å²) in [6, 6.07) is 0. The summed E-state index contributed by atoms with van der Waals surface area (Å²) in [6.45, 7) is 5.23. The summed E-state index contributed by atoms with van der Waals surface area (Å²) in [7, 11) is 0. The van der Waals surface area contributed by atoms with Crippen molar-refractivity contribution in [2.45, 2.75) is 26.4 Å². The first-order valence-electron chi connectivity index (χ1n) is 2.11. The van der Waals surface area contributed by atoms with Gasteiger partial charge in [0, 0.05) is 0 Å². The van der Waals surface area contributed by atoms with Crippen LogP contribution >= 0.6 is 0 Å². The minimum absolute atomic E-state index is 0.500. The van der Waals surface area contributed by atoms with Crippen LogP contribution in [0.1, 0.15) is 20.8 Å². The van der Waals surface area contributed by atoms with Crippen LogP contribution in [0.2, 0.25) is 0 Å². The fourth-order valence-corrected chi connectivity index (χ4v) is 0. The van der Waals surface area contributed by atoms with Gasteiger partial charge >= 0.3 is 0 Å². The summed E-state index contributed by atoms with van der Waals surface area (Å²) in [5, 5.41) is 16.4. The normalized spacial score (nSPS) is 9.00. The Bertz CT molecular complexity index is 50.8. The summed E-state index contributed by atoms with van der Waals surface area (Å²) >= 11 is 0. The van der Waals surface area contributed by atoms with E-state index in [-0.39, 0.29) is 0 Å². The van der Waals surface area contributed by atoms with Crippen molar-refractivity contribution >= 4 is 0 Å². The summed E-state index contributed by atoms with van der Waals surface area (Å²) in [5.41, 5.74) is -0.500. The number of aliphatic hydroxyl groups is 1. The van der Waals surface area contributed by atoms with E-state index in [1.807, 2.05) is 0 Å². The summed E-state index contributed by atoms with van der Waals surface area (Å²) in [6.07, 6.45) is 0. The molecule has 0 saturated carbocycles. The minimum Gasteiger partial charge on any atom is -0.391 e. The molecule has 0 aliphatic rings. The molecule has 0 saturated heterocycles. The molecule has 4 heteroatoms. The number of nitrogens with zero attached hydrogens (tertiary/aromatic N) is 1. The van der Waals surface area contributed by atoms with E-state index in [4.69, 9.17) is 15.2 Å². The van der Waals surface area contributed by atoms with Crippen LogP contribution in [0.25, 0.3) is 0 Å². The highest BCUT2D eigenvalue weighted by Gasteiger charge is 1.97. The molecule has 0 unspecified atom stereocenters. The van der Waals surface area contributed by atoms with Gasteiger partial charge in [-0.25, -0.2) is 0 Å². The molecule has 0 amide bonds. The second-order valence-corrected chi connectivity index (χ2v) is 2.25. The molecule has 0 atom stereocenters. The number of hydrogen-bond donors (Lipinski definition) is 2. The first-order valence-corrected chi connectivity index (χ1v) is 2.11. The molecule has 4 nitrogen and oxygen atoms in total. The van der Waals surface area contributed by atoms with Gasteiger partial charge in [-0.1, -0.05) is 0 Å². The zero-order valence-electron chi connectivity index (χ0n) is 5.25. The van der Waals surface area contributed by atoms with E-state index in [0.29, 0.717) is 0 Å². The Kier molecular flexibility index (Phi) is 5.85. The zero-order valence-corrected chi connectivity index (χ0v) is 5.25. The van der Waals surface area contributed by atoms with E-state index in [1.54, 1.807) is 20.8 Å². The molecule has 8 heavy (non-hydrogen) atoms. The average Bonchev–Trinajstić information content (AvgIpc) is 1.27. The van der Waals surface area contributed by atoms with Gasteiger partial charge in [0.05, 0.1) is 5.60 Å². The highest BCUT2D eigenvalue weighted by atomic mass is 16.6. The Morgan fingerprint density at radius 1 is 1.38 bits per heavy atom. The third-order valence-corrected chi connectivity index (χ3v) is 0. The van der Waals surface area contributed by atoms with Crippen molar-refractivity contribution in [2.24, 2.45) is 5.34 Å². The lowest BCUT2D eigenvalue weighted by atomic mass is 10.2. The predicted molar refractivity (Wildman–Crippen MR) is 29.6 cm³/mol. The maximum atomic E-state index is 8.52. The standard InChI is InChI=1S/C4H10O.HNO2/c1-4(2,3)5;2-1-3/h5H,1-3H3;(H,2,3). The third-order valence-electron chi connectivity index (χ3n) is 0. The third kappa shape index (κ3) is 249.